The van der Waals surface area contributed by atoms with Crippen molar-refractivity contribution >= 4 is 32.9 Å². The maximum atomic E-state index is 4.80. The van der Waals surface area contributed by atoms with E-state index in [0.717, 1.165) is 22.8 Å². The lowest BCUT2D eigenvalue weighted by molar-refractivity contribution is 0.411. The molecule has 0 aliphatic carbocycles. The van der Waals surface area contributed by atoms with Gasteiger partial charge >= 0.3 is 0 Å². The molecular weight excluding hydrogens is 286 g/mol. The number of para-hydroxylation sites is 1. The molecule has 0 saturated carbocycles. The van der Waals surface area contributed by atoms with Crippen LogP contribution < -0.4 is 5.32 Å². The van der Waals surface area contributed by atoms with Gasteiger partial charge in [0.2, 0.25) is 0 Å². The van der Waals surface area contributed by atoms with Gasteiger partial charge in [0.15, 0.2) is 0 Å². The highest BCUT2D eigenvalue weighted by molar-refractivity contribution is 7.21. The Kier molecular flexibility index (Phi) is 3.26. The zero-order valence-electron chi connectivity index (χ0n) is 11.0. The van der Waals surface area contributed by atoms with Gasteiger partial charge in [0, 0.05) is 5.38 Å². The van der Waals surface area contributed by atoms with Crippen LogP contribution in [0.4, 0.5) is 0 Å². The average Bonchev–Trinajstić information content (AvgIpc) is 3.14. The molecule has 3 nitrogen and oxygen atoms in total. The molecule has 1 aliphatic rings. The van der Waals surface area contributed by atoms with Gasteiger partial charge in [-0.05, 0) is 31.5 Å². The number of thiazole rings is 2. The van der Waals surface area contributed by atoms with Crippen molar-refractivity contribution in [2.24, 2.45) is 0 Å². The van der Waals surface area contributed by atoms with E-state index in [-0.39, 0.29) is 0 Å². The van der Waals surface area contributed by atoms with E-state index in [2.05, 4.69) is 33.9 Å². The molecule has 0 radical (unpaired) electrons. The van der Waals surface area contributed by atoms with Crippen molar-refractivity contribution < 1.29 is 0 Å². The van der Waals surface area contributed by atoms with Crippen LogP contribution in [0, 0.1) is 0 Å². The van der Waals surface area contributed by atoms with Crippen molar-refractivity contribution in [1.82, 2.24) is 15.3 Å². The van der Waals surface area contributed by atoms with E-state index in [9.17, 15) is 0 Å². The van der Waals surface area contributed by atoms with Crippen LogP contribution in [-0.2, 0) is 0 Å². The highest BCUT2D eigenvalue weighted by Gasteiger charge is 2.19. The van der Waals surface area contributed by atoms with Crippen molar-refractivity contribution in [3.8, 4) is 10.7 Å². The Labute approximate surface area is 125 Å². The topological polar surface area (TPSA) is 37.8 Å². The van der Waals surface area contributed by atoms with E-state index in [0.29, 0.717) is 6.04 Å². The molecular formula is C15H15N3S2. The van der Waals surface area contributed by atoms with Crippen molar-refractivity contribution in [3.63, 3.8) is 0 Å². The molecule has 1 fully saturated rings. The van der Waals surface area contributed by atoms with Crippen LogP contribution in [0.25, 0.3) is 20.9 Å². The fourth-order valence-corrected chi connectivity index (χ4v) is 4.50. The molecule has 1 saturated heterocycles. The summed E-state index contributed by atoms with van der Waals surface area (Å²) in [5.41, 5.74) is 2.09. The van der Waals surface area contributed by atoms with E-state index in [1.54, 1.807) is 22.7 Å². The molecule has 102 valence electrons. The largest absolute Gasteiger partial charge is 0.308 e. The summed E-state index contributed by atoms with van der Waals surface area (Å²) in [6, 6.07) is 8.71. The Hall–Kier alpha value is -1.30. The molecule has 1 atom stereocenters. The van der Waals surface area contributed by atoms with Crippen LogP contribution in [0.15, 0.2) is 29.6 Å². The Bertz CT molecular complexity index is 692. The first-order valence-electron chi connectivity index (χ1n) is 6.95. The second kappa shape index (κ2) is 5.24. The molecule has 1 unspecified atom stereocenters. The van der Waals surface area contributed by atoms with E-state index in [1.165, 1.54) is 29.0 Å². The smallest absolute Gasteiger partial charge is 0.143 e. The monoisotopic (exact) mass is 301 g/mol. The second-order valence-electron chi connectivity index (χ2n) is 5.06. The summed E-state index contributed by atoms with van der Waals surface area (Å²) in [5.74, 6) is 0. The predicted octanol–water partition coefficient (Wildman–Crippen LogP) is 4.23. The van der Waals surface area contributed by atoms with Crippen LogP contribution in [0.3, 0.4) is 0 Å². The normalized spacial score (nSPS) is 19.5. The number of fused-ring (bicyclic) bond motifs is 1. The number of hydrogen-bond donors (Lipinski definition) is 1. The van der Waals surface area contributed by atoms with Crippen LogP contribution in [0.5, 0.6) is 0 Å². The van der Waals surface area contributed by atoms with Gasteiger partial charge in [0.25, 0.3) is 0 Å². The molecule has 2 aromatic heterocycles. The molecule has 5 heteroatoms. The van der Waals surface area contributed by atoms with Gasteiger partial charge in [-0.25, -0.2) is 9.97 Å². The molecule has 0 bridgehead atoms. The van der Waals surface area contributed by atoms with Crippen LogP contribution in [0.2, 0.25) is 0 Å². The van der Waals surface area contributed by atoms with Gasteiger partial charge in [0.1, 0.15) is 15.7 Å². The Morgan fingerprint density at radius 3 is 2.95 bits per heavy atom. The molecule has 0 amide bonds. The highest BCUT2D eigenvalue weighted by Crippen LogP contribution is 2.33. The minimum Gasteiger partial charge on any atom is -0.308 e. The number of nitrogens with zero attached hydrogens (tertiary/aromatic N) is 2. The van der Waals surface area contributed by atoms with E-state index >= 15 is 0 Å². The van der Waals surface area contributed by atoms with Crippen molar-refractivity contribution in [2.75, 3.05) is 6.54 Å². The van der Waals surface area contributed by atoms with E-state index < -0.39 is 0 Å². The first-order valence-corrected chi connectivity index (χ1v) is 8.64. The number of benzene rings is 1. The van der Waals surface area contributed by atoms with Gasteiger partial charge in [-0.15, -0.1) is 22.7 Å². The maximum absolute atomic E-state index is 4.80. The van der Waals surface area contributed by atoms with Gasteiger partial charge < -0.3 is 5.32 Å². The van der Waals surface area contributed by atoms with Crippen molar-refractivity contribution in [2.45, 2.75) is 25.3 Å². The number of piperidine rings is 1. The zero-order valence-corrected chi connectivity index (χ0v) is 12.6. The van der Waals surface area contributed by atoms with Crippen molar-refractivity contribution in [1.29, 1.82) is 0 Å². The van der Waals surface area contributed by atoms with Crippen LogP contribution in [0.1, 0.15) is 30.3 Å². The van der Waals surface area contributed by atoms with Gasteiger partial charge in [-0.2, -0.15) is 0 Å². The van der Waals surface area contributed by atoms with Crippen molar-refractivity contribution in [3.05, 3.63) is 34.7 Å². The third-order valence-corrected chi connectivity index (χ3v) is 5.66. The summed E-state index contributed by atoms with van der Waals surface area (Å²) in [4.78, 5) is 9.49. The first kappa shape index (κ1) is 12.4. The summed E-state index contributed by atoms with van der Waals surface area (Å²) in [6.07, 6.45) is 3.78. The van der Waals surface area contributed by atoms with Crippen LogP contribution >= 0.6 is 22.7 Å². The van der Waals surface area contributed by atoms with Gasteiger partial charge in [0.05, 0.1) is 16.3 Å². The summed E-state index contributed by atoms with van der Waals surface area (Å²) >= 11 is 3.48. The lowest BCUT2D eigenvalue weighted by Gasteiger charge is -2.21. The summed E-state index contributed by atoms with van der Waals surface area (Å²) in [5, 5.41) is 7.94. The fourth-order valence-electron chi connectivity index (χ4n) is 2.59. The second-order valence-corrected chi connectivity index (χ2v) is 6.98. The molecule has 1 aliphatic heterocycles. The molecule has 20 heavy (non-hydrogen) atoms. The molecule has 1 N–H and O–H groups in total. The summed E-state index contributed by atoms with van der Waals surface area (Å²) in [6.45, 7) is 1.11. The summed E-state index contributed by atoms with van der Waals surface area (Å²) in [7, 11) is 0. The Balaban J connectivity index is 1.66. The first-order chi connectivity index (χ1) is 9.90. The lowest BCUT2D eigenvalue weighted by Crippen LogP contribution is -2.26. The predicted molar refractivity (Wildman–Crippen MR) is 85.3 cm³/mol. The Morgan fingerprint density at radius 2 is 2.10 bits per heavy atom. The molecule has 0 spiro atoms. The molecule has 3 heterocycles. The highest BCUT2D eigenvalue weighted by atomic mass is 32.1. The molecule has 4 rings (SSSR count). The van der Waals surface area contributed by atoms with Crippen LogP contribution in [-0.4, -0.2) is 16.5 Å². The standard InChI is InChI=1S/C15H15N3S2/c1-2-7-13-10(5-1)17-15(20-13)12-9-19-14(18-12)11-6-3-4-8-16-11/h1-2,5,7,9,11,16H,3-4,6,8H2. The van der Waals surface area contributed by atoms with Gasteiger partial charge in [-0.1, -0.05) is 18.6 Å². The minimum atomic E-state index is 0.442. The fraction of sp³-hybridized carbons (Fsp3) is 0.333. The van der Waals surface area contributed by atoms with E-state index in [4.69, 9.17) is 4.98 Å². The number of rotatable bonds is 2. The molecule has 3 aromatic rings. The minimum absolute atomic E-state index is 0.442. The third-order valence-electron chi connectivity index (χ3n) is 3.64. The Morgan fingerprint density at radius 1 is 1.15 bits per heavy atom. The SMILES string of the molecule is c1ccc2sc(-c3csc(C4CCCCN4)n3)nc2c1. The third kappa shape index (κ3) is 2.26. The summed E-state index contributed by atoms with van der Waals surface area (Å²) < 4.78 is 1.23. The lowest BCUT2D eigenvalue weighted by atomic mass is 10.1. The number of nitrogens with one attached hydrogen (secondary N) is 1. The van der Waals surface area contributed by atoms with E-state index in [1.807, 2.05) is 6.07 Å². The quantitative estimate of drug-likeness (QED) is 0.769. The van der Waals surface area contributed by atoms with Gasteiger partial charge in [-0.3, -0.25) is 0 Å². The average molecular weight is 301 g/mol. The number of aromatic nitrogens is 2. The number of hydrogen-bond acceptors (Lipinski definition) is 5. The molecule has 1 aromatic carbocycles. The maximum Gasteiger partial charge on any atom is 0.143 e. The zero-order chi connectivity index (χ0) is 13.4.